The molecule has 7 heteroatoms. The maximum atomic E-state index is 10.4. The molecule has 66 valence electrons. The molecule has 0 aliphatic carbocycles. The first kappa shape index (κ1) is 10.7. The van der Waals surface area contributed by atoms with Crippen LogP contribution < -0.4 is 5.73 Å². The normalized spacial score (nSPS) is 14.4. The summed E-state index contributed by atoms with van der Waals surface area (Å²) >= 11 is 3.70. The van der Waals surface area contributed by atoms with Crippen LogP contribution in [0, 0.1) is 0 Å². The standard InChI is InChI=1S/C4H9NO4S2/c5-4(6)3(1-2-10)11(7,8)9/h3,10H,1-2H2,(H2,5,6)(H,7,8,9). The summed E-state index contributed by atoms with van der Waals surface area (Å²) in [6.45, 7) is 0. The van der Waals surface area contributed by atoms with Crippen molar-refractivity contribution in [3.05, 3.63) is 0 Å². The Bertz CT molecular complexity index is 234. The van der Waals surface area contributed by atoms with E-state index in [2.05, 4.69) is 12.6 Å². The Labute approximate surface area is 70.1 Å². The van der Waals surface area contributed by atoms with Crippen molar-refractivity contribution in [2.75, 3.05) is 5.75 Å². The maximum Gasteiger partial charge on any atom is 0.276 e. The van der Waals surface area contributed by atoms with Gasteiger partial charge in [-0.1, -0.05) is 0 Å². The van der Waals surface area contributed by atoms with Crippen LogP contribution >= 0.6 is 12.6 Å². The number of carbonyl (C=O) groups excluding carboxylic acids is 1. The molecule has 11 heavy (non-hydrogen) atoms. The second kappa shape index (κ2) is 3.93. The molecule has 3 N–H and O–H groups in total. The summed E-state index contributed by atoms with van der Waals surface area (Å²) in [6, 6.07) is 0. The fourth-order valence-corrected chi connectivity index (χ4v) is 1.70. The fraction of sp³-hybridized carbons (Fsp3) is 0.750. The van der Waals surface area contributed by atoms with E-state index in [0.29, 0.717) is 0 Å². The lowest BCUT2D eigenvalue weighted by Crippen LogP contribution is -2.35. The molecule has 0 saturated carbocycles. The van der Waals surface area contributed by atoms with Crippen LogP contribution in [0.4, 0.5) is 0 Å². The van der Waals surface area contributed by atoms with Gasteiger partial charge in [0.1, 0.15) is 0 Å². The number of nitrogens with two attached hydrogens (primary N) is 1. The minimum Gasteiger partial charge on any atom is -0.368 e. The number of hydrogen-bond acceptors (Lipinski definition) is 4. The maximum absolute atomic E-state index is 10.4. The molecule has 0 rings (SSSR count). The summed E-state index contributed by atoms with van der Waals surface area (Å²) < 4.78 is 29.2. The van der Waals surface area contributed by atoms with Gasteiger partial charge in [0.2, 0.25) is 5.91 Å². The second-order valence-corrected chi connectivity index (χ2v) is 3.96. The quantitative estimate of drug-likeness (QED) is 0.401. The van der Waals surface area contributed by atoms with Crippen LogP contribution in [0.1, 0.15) is 6.42 Å². The minimum absolute atomic E-state index is 0.0721. The molecule has 0 aliphatic rings. The van der Waals surface area contributed by atoms with E-state index >= 15 is 0 Å². The van der Waals surface area contributed by atoms with Crippen molar-refractivity contribution in [1.82, 2.24) is 0 Å². The Morgan fingerprint density at radius 1 is 1.64 bits per heavy atom. The van der Waals surface area contributed by atoms with Crippen LogP contribution in [0.5, 0.6) is 0 Å². The van der Waals surface area contributed by atoms with Crippen molar-refractivity contribution in [1.29, 1.82) is 0 Å². The van der Waals surface area contributed by atoms with E-state index in [1.54, 1.807) is 0 Å². The van der Waals surface area contributed by atoms with E-state index in [1.165, 1.54) is 0 Å². The first-order valence-corrected chi connectivity index (χ1v) is 4.89. The lowest BCUT2D eigenvalue weighted by molar-refractivity contribution is -0.117. The SMILES string of the molecule is NC(=O)C(CCS)S(=O)(=O)O. The van der Waals surface area contributed by atoms with Crippen LogP contribution in [0.15, 0.2) is 0 Å². The molecule has 0 fully saturated rings. The topological polar surface area (TPSA) is 97.5 Å². The predicted octanol–water partition coefficient (Wildman–Crippen LogP) is -0.952. The Hall–Kier alpha value is -0.270. The van der Waals surface area contributed by atoms with Gasteiger partial charge < -0.3 is 5.73 Å². The second-order valence-electron chi connectivity index (χ2n) is 1.92. The van der Waals surface area contributed by atoms with Crippen LogP contribution in [-0.2, 0) is 14.9 Å². The van der Waals surface area contributed by atoms with Gasteiger partial charge in [0, 0.05) is 0 Å². The van der Waals surface area contributed by atoms with E-state index in [-0.39, 0.29) is 12.2 Å². The molecule has 0 bridgehead atoms. The first-order chi connectivity index (χ1) is 4.89. The van der Waals surface area contributed by atoms with Gasteiger partial charge >= 0.3 is 0 Å². The van der Waals surface area contributed by atoms with E-state index in [1.807, 2.05) is 0 Å². The smallest absolute Gasteiger partial charge is 0.276 e. The highest BCUT2D eigenvalue weighted by Gasteiger charge is 2.27. The molecule has 1 atom stereocenters. The number of primary amides is 1. The van der Waals surface area contributed by atoms with Crippen molar-refractivity contribution in [2.24, 2.45) is 5.73 Å². The summed E-state index contributed by atoms with van der Waals surface area (Å²) in [5.41, 5.74) is 4.70. The average Bonchev–Trinajstić information content (AvgIpc) is 1.79. The summed E-state index contributed by atoms with van der Waals surface area (Å²) in [5.74, 6) is -0.880. The van der Waals surface area contributed by atoms with Gasteiger partial charge in [-0.15, -0.1) is 0 Å². The number of hydrogen-bond donors (Lipinski definition) is 3. The molecule has 0 radical (unpaired) electrons. The van der Waals surface area contributed by atoms with Crippen LogP contribution in [-0.4, -0.2) is 29.9 Å². The minimum atomic E-state index is -4.35. The van der Waals surface area contributed by atoms with Gasteiger partial charge in [-0.2, -0.15) is 21.0 Å². The van der Waals surface area contributed by atoms with Gasteiger partial charge in [-0.25, -0.2) is 0 Å². The number of thiol groups is 1. The molecule has 0 aromatic heterocycles. The third-order valence-electron chi connectivity index (χ3n) is 1.07. The van der Waals surface area contributed by atoms with Crippen LogP contribution in [0.3, 0.4) is 0 Å². The van der Waals surface area contributed by atoms with E-state index in [0.717, 1.165) is 0 Å². The fourth-order valence-electron chi connectivity index (χ4n) is 0.555. The summed E-state index contributed by atoms with van der Waals surface area (Å²) in [4.78, 5) is 10.4. The van der Waals surface area contributed by atoms with E-state index < -0.39 is 21.3 Å². The highest BCUT2D eigenvalue weighted by Crippen LogP contribution is 2.04. The molecule has 0 aromatic carbocycles. The Morgan fingerprint density at radius 2 is 2.09 bits per heavy atom. The van der Waals surface area contributed by atoms with Crippen molar-refractivity contribution >= 4 is 28.7 Å². The zero-order valence-corrected chi connectivity index (χ0v) is 7.31. The lowest BCUT2D eigenvalue weighted by atomic mass is 10.3. The first-order valence-electron chi connectivity index (χ1n) is 2.76. The highest BCUT2D eigenvalue weighted by atomic mass is 32.2. The van der Waals surface area contributed by atoms with E-state index in [9.17, 15) is 13.2 Å². The molecule has 0 aromatic rings. The highest BCUT2D eigenvalue weighted by molar-refractivity contribution is 7.87. The lowest BCUT2D eigenvalue weighted by Gasteiger charge is -2.06. The molecular weight excluding hydrogens is 190 g/mol. The largest absolute Gasteiger partial charge is 0.368 e. The summed E-state index contributed by atoms with van der Waals surface area (Å²) in [7, 11) is -4.35. The zero-order valence-electron chi connectivity index (χ0n) is 5.60. The molecular formula is C4H9NO4S2. The van der Waals surface area contributed by atoms with Crippen LogP contribution in [0.2, 0.25) is 0 Å². The zero-order chi connectivity index (χ0) is 9.07. The molecule has 1 amide bonds. The van der Waals surface area contributed by atoms with Crippen molar-refractivity contribution < 1.29 is 17.8 Å². The number of rotatable bonds is 4. The molecule has 0 spiro atoms. The summed E-state index contributed by atoms with van der Waals surface area (Å²) in [6.07, 6.45) is -0.0721. The van der Waals surface area contributed by atoms with Crippen molar-refractivity contribution in [3.63, 3.8) is 0 Å². The van der Waals surface area contributed by atoms with Crippen molar-refractivity contribution in [3.8, 4) is 0 Å². The molecule has 1 unspecified atom stereocenters. The van der Waals surface area contributed by atoms with Crippen molar-refractivity contribution in [2.45, 2.75) is 11.7 Å². The monoisotopic (exact) mass is 199 g/mol. The third kappa shape index (κ3) is 3.59. The Morgan fingerprint density at radius 3 is 2.18 bits per heavy atom. The predicted molar refractivity (Wildman–Crippen MR) is 43.0 cm³/mol. The Kier molecular flexibility index (Phi) is 3.84. The summed E-state index contributed by atoms with van der Waals surface area (Å²) in [5, 5.41) is -1.53. The van der Waals surface area contributed by atoms with Gasteiger partial charge in [-0.05, 0) is 12.2 Å². The molecule has 0 saturated heterocycles. The van der Waals surface area contributed by atoms with Gasteiger partial charge in [0.15, 0.2) is 5.25 Å². The van der Waals surface area contributed by atoms with Gasteiger partial charge in [0.05, 0.1) is 0 Å². The number of amides is 1. The molecule has 5 nitrogen and oxygen atoms in total. The third-order valence-corrected chi connectivity index (χ3v) is 2.51. The number of carbonyl (C=O) groups is 1. The van der Waals surface area contributed by atoms with E-state index in [4.69, 9.17) is 10.3 Å². The van der Waals surface area contributed by atoms with Gasteiger partial charge in [0.25, 0.3) is 10.1 Å². The average molecular weight is 199 g/mol. The Balaban J connectivity index is 4.49. The van der Waals surface area contributed by atoms with Crippen LogP contribution in [0.25, 0.3) is 0 Å². The van der Waals surface area contributed by atoms with Gasteiger partial charge in [-0.3, -0.25) is 9.35 Å². The molecule has 0 heterocycles. The molecule has 0 aliphatic heterocycles.